The summed E-state index contributed by atoms with van der Waals surface area (Å²) < 4.78 is 26.9. The first kappa shape index (κ1) is 16.1. The average molecular weight is 284 g/mol. The van der Waals surface area contributed by atoms with Crippen LogP contribution in [0.1, 0.15) is 31.4 Å². The zero-order valence-electron chi connectivity index (χ0n) is 12.4. The Kier molecular flexibility index (Phi) is 4.76. The molecule has 0 radical (unpaired) electrons. The monoisotopic (exact) mass is 284 g/mol. The Morgan fingerprint density at radius 2 is 1.89 bits per heavy atom. The van der Waals surface area contributed by atoms with Crippen LogP contribution in [0.5, 0.6) is 0 Å². The van der Waals surface area contributed by atoms with Crippen LogP contribution in [0.4, 0.5) is 0 Å². The Balaban J connectivity index is 3.35. The van der Waals surface area contributed by atoms with Gasteiger partial charge >= 0.3 is 0 Å². The van der Waals surface area contributed by atoms with Crippen molar-refractivity contribution in [3.05, 3.63) is 29.3 Å². The van der Waals surface area contributed by atoms with Gasteiger partial charge in [0.25, 0.3) is 0 Å². The van der Waals surface area contributed by atoms with Crippen molar-refractivity contribution in [3.8, 4) is 0 Å². The molecule has 1 atom stereocenters. The van der Waals surface area contributed by atoms with E-state index < -0.39 is 15.6 Å². The maximum Gasteiger partial charge on any atom is 0.243 e. The molecule has 19 heavy (non-hydrogen) atoms. The number of nitrogens with zero attached hydrogens (tertiary/aromatic N) is 1. The minimum Gasteiger partial charge on any atom is -0.329 e. The van der Waals surface area contributed by atoms with E-state index in [2.05, 4.69) is 0 Å². The van der Waals surface area contributed by atoms with Gasteiger partial charge in [-0.3, -0.25) is 0 Å². The van der Waals surface area contributed by atoms with Crippen LogP contribution in [-0.2, 0) is 10.0 Å². The molecule has 0 aromatic heterocycles. The van der Waals surface area contributed by atoms with Crippen molar-refractivity contribution in [2.45, 2.75) is 44.6 Å². The molecule has 4 nitrogen and oxygen atoms in total. The van der Waals surface area contributed by atoms with E-state index in [1.54, 1.807) is 13.1 Å². The van der Waals surface area contributed by atoms with E-state index in [1.807, 2.05) is 39.8 Å². The van der Waals surface area contributed by atoms with Gasteiger partial charge in [0.2, 0.25) is 10.0 Å². The molecule has 0 aliphatic heterocycles. The SMILES string of the molecule is CCC(C)(CN)N(C)S(=O)(=O)c1cc(C)ccc1C. The number of hydrogen-bond donors (Lipinski definition) is 1. The van der Waals surface area contributed by atoms with Crippen molar-refractivity contribution in [1.29, 1.82) is 0 Å². The molecule has 0 amide bonds. The van der Waals surface area contributed by atoms with Crippen LogP contribution in [0.2, 0.25) is 0 Å². The summed E-state index contributed by atoms with van der Waals surface area (Å²) in [5.74, 6) is 0. The first-order chi connectivity index (χ1) is 8.69. The molecule has 0 fully saturated rings. The van der Waals surface area contributed by atoms with Gasteiger partial charge in [0.05, 0.1) is 4.90 Å². The fourth-order valence-electron chi connectivity index (χ4n) is 1.92. The molecule has 0 saturated heterocycles. The summed E-state index contributed by atoms with van der Waals surface area (Å²) in [6.45, 7) is 7.81. The average Bonchev–Trinajstić information content (AvgIpc) is 2.39. The van der Waals surface area contributed by atoms with Crippen molar-refractivity contribution >= 4 is 10.0 Å². The van der Waals surface area contributed by atoms with Crippen LogP contribution in [-0.4, -0.2) is 31.9 Å². The highest BCUT2D eigenvalue weighted by molar-refractivity contribution is 7.89. The summed E-state index contributed by atoms with van der Waals surface area (Å²) in [4.78, 5) is 0.364. The van der Waals surface area contributed by atoms with E-state index in [4.69, 9.17) is 5.73 Å². The zero-order chi connectivity index (χ0) is 14.8. The molecule has 0 heterocycles. The Hall–Kier alpha value is -0.910. The summed E-state index contributed by atoms with van der Waals surface area (Å²) in [7, 11) is -1.92. The van der Waals surface area contributed by atoms with Gasteiger partial charge in [-0.15, -0.1) is 0 Å². The molecule has 5 heteroatoms. The fourth-order valence-corrected chi connectivity index (χ4v) is 3.81. The van der Waals surface area contributed by atoms with Crippen molar-refractivity contribution < 1.29 is 8.42 Å². The largest absolute Gasteiger partial charge is 0.329 e. The highest BCUT2D eigenvalue weighted by Crippen LogP contribution is 2.27. The zero-order valence-corrected chi connectivity index (χ0v) is 13.2. The predicted octanol–water partition coefficient (Wildman–Crippen LogP) is 2.05. The van der Waals surface area contributed by atoms with Crippen LogP contribution in [0.15, 0.2) is 23.1 Å². The number of hydrogen-bond acceptors (Lipinski definition) is 3. The lowest BCUT2D eigenvalue weighted by Crippen LogP contribution is -2.51. The van der Waals surface area contributed by atoms with E-state index in [1.165, 1.54) is 4.31 Å². The van der Waals surface area contributed by atoms with Gasteiger partial charge < -0.3 is 5.73 Å². The van der Waals surface area contributed by atoms with Crippen LogP contribution in [0, 0.1) is 13.8 Å². The Bertz CT molecular complexity index is 549. The van der Waals surface area contributed by atoms with Crippen LogP contribution in [0.3, 0.4) is 0 Å². The van der Waals surface area contributed by atoms with Crippen molar-refractivity contribution in [2.24, 2.45) is 5.73 Å². The second-order valence-corrected chi connectivity index (χ2v) is 7.23. The second-order valence-electron chi connectivity index (χ2n) is 5.30. The molecule has 1 aromatic rings. The maximum atomic E-state index is 12.7. The molecular weight excluding hydrogens is 260 g/mol. The topological polar surface area (TPSA) is 63.4 Å². The van der Waals surface area contributed by atoms with E-state index in [0.29, 0.717) is 17.9 Å². The lowest BCUT2D eigenvalue weighted by molar-refractivity contribution is 0.240. The first-order valence-corrected chi connectivity index (χ1v) is 7.89. The summed E-state index contributed by atoms with van der Waals surface area (Å²) in [6, 6.07) is 5.46. The number of nitrogens with two attached hydrogens (primary N) is 1. The summed E-state index contributed by atoms with van der Waals surface area (Å²) in [5, 5.41) is 0. The van der Waals surface area contributed by atoms with Gasteiger partial charge in [-0.1, -0.05) is 19.1 Å². The number of rotatable bonds is 5. The number of likely N-dealkylation sites (N-methyl/N-ethyl adjacent to an activating group) is 1. The van der Waals surface area contributed by atoms with Crippen LogP contribution >= 0.6 is 0 Å². The first-order valence-electron chi connectivity index (χ1n) is 6.45. The molecule has 1 rings (SSSR count). The highest BCUT2D eigenvalue weighted by atomic mass is 32.2. The van der Waals surface area contributed by atoms with Gasteiger partial charge in [0, 0.05) is 19.1 Å². The normalized spacial score (nSPS) is 15.5. The molecule has 1 aromatic carbocycles. The summed E-state index contributed by atoms with van der Waals surface area (Å²) in [5.41, 5.74) is 6.89. The molecule has 0 aliphatic carbocycles. The smallest absolute Gasteiger partial charge is 0.243 e. The number of aryl methyl sites for hydroxylation is 2. The highest BCUT2D eigenvalue weighted by Gasteiger charge is 2.36. The fraction of sp³-hybridized carbons (Fsp3) is 0.571. The van der Waals surface area contributed by atoms with Crippen molar-refractivity contribution in [1.82, 2.24) is 4.31 Å². The van der Waals surface area contributed by atoms with Crippen LogP contribution < -0.4 is 5.73 Å². The predicted molar refractivity (Wildman–Crippen MR) is 78.6 cm³/mol. The quantitative estimate of drug-likeness (QED) is 0.900. The van der Waals surface area contributed by atoms with E-state index in [-0.39, 0.29) is 0 Å². The number of sulfonamides is 1. The third kappa shape index (κ3) is 2.99. The summed E-state index contributed by atoms with van der Waals surface area (Å²) >= 11 is 0. The standard InChI is InChI=1S/C14H24N2O2S/c1-6-14(4,10-15)16(5)19(17,18)13-9-11(2)7-8-12(13)3/h7-9H,6,10,15H2,1-5H3. The van der Waals surface area contributed by atoms with E-state index in [9.17, 15) is 8.42 Å². The third-order valence-electron chi connectivity index (χ3n) is 3.94. The lowest BCUT2D eigenvalue weighted by Gasteiger charge is -2.36. The van der Waals surface area contributed by atoms with Gasteiger partial charge in [-0.25, -0.2) is 8.42 Å². The van der Waals surface area contributed by atoms with Crippen molar-refractivity contribution in [2.75, 3.05) is 13.6 Å². The minimum atomic E-state index is -3.52. The molecular formula is C14H24N2O2S. The molecule has 1 unspecified atom stereocenters. The van der Waals surface area contributed by atoms with Crippen LogP contribution in [0.25, 0.3) is 0 Å². The molecule has 0 aliphatic rings. The van der Waals surface area contributed by atoms with E-state index in [0.717, 1.165) is 11.1 Å². The Morgan fingerprint density at radius 3 is 2.37 bits per heavy atom. The molecule has 0 bridgehead atoms. The second kappa shape index (κ2) is 5.61. The molecule has 0 saturated carbocycles. The number of benzene rings is 1. The maximum absolute atomic E-state index is 12.7. The lowest BCUT2D eigenvalue weighted by atomic mass is 10.00. The molecule has 108 valence electrons. The molecule has 0 spiro atoms. The summed E-state index contributed by atoms with van der Waals surface area (Å²) in [6.07, 6.45) is 0.671. The van der Waals surface area contributed by atoms with Crippen molar-refractivity contribution in [3.63, 3.8) is 0 Å². The third-order valence-corrected chi connectivity index (χ3v) is 6.10. The Labute approximate surface area is 116 Å². The Morgan fingerprint density at radius 1 is 1.32 bits per heavy atom. The van der Waals surface area contributed by atoms with Gasteiger partial charge in [0.15, 0.2) is 0 Å². The minimum absolute atomic E-state index is 0.296. The van der Waals surface area contributed by atoms with Gasteiger partial charge in [0.1, 0.15) is 0 Å². The van der Waals surface area contributed by atoms with E-state index >= 15 is 0 Å². The van der Waals surface area contributed by atoms with Gasteiger partial charge in [-0.05, 0) is 44.4 Å². The van der Waals surface area contributed by atoms with Gasteiger partial charge in [-0.2, -0.15) is 4.31 Å². The molecule has 2 N–H and O–H groups in total.